The molecule has 1 saturated carbocycles. The number of hydrogen-bond acceptors (Lipinski definition) is 2. The van der Waals surface area contributed by atoms with E-state index in [0.29, 0.717) is 6.10 Å². The number of fused-ring (bicyclic) bond motifs is 1. The van der Waals surface area contributed by atoms with Crippen LogP contribution >= 0.6 is 0 Å². The normalized spacial score (nSPS) is 37.6. The van der Waals surface area contributed by atoms with Crippen molar-refractivity contribution < 1.29 is 4.74 Å². The lowest BCUT2D eigenvalue weighted by Crippen LogP contribution is -2.49. The maximum atomic E-state index is 5.52. The minimum absolute atomic E-state index is 0.549. The Hall–Kier alpha value is -0.0800. The summed E-state index contributed by atoms with van der Waals surface area (Å²) in [6.45, 7) is 4.94. The van der Waals surface area contributed by atoms with Crippen LogP contribution in [0.1, 0.15) is 45.4 Å². The van der Waals surface area contributed by atoms with E-state index in [1.54, 1.807) is 0 Å². The quantitative estimate of drug-likeness (QED) is 0.711. The lowest BCUT2D eigenvalue weighted by molar-refractivity contribution is -0.0142. The lowest BCUT2D eigenvalue weighted by Gasteiger charge is -2.46. The molecule has 2 heteroatoms. The Morgan fingerprint density at radius 3 is 2.87 bits per heavy atom. The minimum atomic E-state index is 0.549. The summed E-state index contributed by atoms with van der Waals surface area (Å²) in [5.74, 6) is 0.920. The number of rotatable bonds is 3. The van der Waals surface area contributed by atoms with E-state index in [9.17, 15) is 0 Å². The Morgan fingerprint density at radius 1 is 1.27 bits per heavy atom. The molecule has 1 heterocycles. The van der Waals surface area contributed by atoms with Crippen LogP contribution in [-0.4, -0.2) is 37.2 Å². The van der Waals surface area contributed by atoms with Crippen LogP contribution in [0.4, 0.5) is 0 Å². The van der Waals surface area contributed by atoms with E-state index in [4.69, 9.17) is 4.74 Å². The van der Waals surface area contributed by atoms with Gasteiger partial charge < -0.3 is 9.64 Å². The predicted molar refractivity (Wildman–Crippen MR) is 63.0 cm³/mol. The molecule has 0 aromatic heterocycles. The van der Waals surface area contributed by atoms with E-state index in [0.717, 1.165) is 12.0 Å². The average Bonchev–Trinajstić information content (AvgIpc) is 2.29. The summed E-state index contributed by atoms with van der Waals surface area (Å²) in [7, 11) is 1.87. The van der Waals surface area contributed by atoms with Gasteiger partial charge in [0.25, 0.3) is 0 Å². The van der Waals surface area contributed by atoms with E-state index in [1.807, 2.05) is 7.11 Å². The fourth-order valence-corrected chi connectivity index (χ4v) is 3.50. The first-order chi connectivity index (χ1) is 7.35. The van der Waals surface area contributed by atoms with Crippen molar-refractivity contribution in [2.24, 2.45) is 5.92 Å². The third-order valence-electron chi connectivity index (χ3n) is 4.23. The smallest absolute Gasteiger partial charge is 0.0575 e. The first kappa shape index (κ1) is 11.4. The van der Waals surface area contributed by atoms with Gasteiger partial charge in [0.05, 0.1) is 6.10 Å². The van der Waals surface area contributed by atoms with Crippen molar-refractivity contribution in [3.63, 3.8) is 0 Å². The Morgan fingerprint density at radius 2 is 2.13 bits per heavy atom. The van der Waals surface area contributed by atoms with Crippen LogP contribution in [-0.2, 0) is 4.74 Å². The van der Waals surface area contributed by atoms with Crippen LogP contribution in [0.25, 0.3) is 0 Å². The van der Waals surface area contributed by atoms with Crippen molar-refractivity contribution >= 4 is 0 Å². The van der Waals surface area contributed by atoms with Crippen LogP contribution in [0.15, 0.2) is 0 Å². The van der Waals surface area contributed by atoms with Crippen LogP contribution in [0.5, 0.6) is 0 Å². The molecule has 0 aromatic carbocycles. The van der Waals surface area contributed by atoms with Gasteiger partial charge in [0.2, 0.25) is 0 Å². The number of methoxy groups -OCH3 is 1. The Labute approximate surface area is 94.0 Å². The number of ether oxygens (including phenoxy) is 1. The first-order valence-corrected chi connectivity index (χ1v) is 6.62. The molecule has 0 spiro atoms. The maximum Gasteiger partial charge on any atom is 0.0575 e. The molecule has 1 aliphatic heterocycles. The van der Waals surface area contributed by atoms with Crippen LogP contribution < -0.4 is 0 Å². The largest absolute Gasteiger partial charge is 0.381 e. The van der Waals surface area contributed by atoms with Gasteiger partial charge in [-0.2, -0.15) is 0 Å². The molecule has 1 saturated heterocycles. The number of piperidine rings is 1. The summed E-state index contributed by atoms with van der Waals surface area (Å²) < 4.78 is 5.52. The summed E-state index contributed by atoms with van der Waals surface area (Å²) in [5, 5.41) is 0. The van der Waals surface area contributed by atoms with E-state index >= 15 is 0 Å². The van der Waals surface area contributed by atoms with Gasteiger partial charge in [0.1, 0.15) is 0 Å². The fraction of sp³-hybridized carbons (Fsp3) is 1.00. The van der Waals surface area contributed by atoms with E-state index < -0.39 is 0 Å². The third kappa shape index (κ3) is 2.54. The Balaban J connectivity index is 1.93. The molecule has 15 heavy (non-hydrogen) atoms. The van der Waals surface area contributed by atoms with Crippen LogP contribution in [0.3, 0.4) is 0 Å². The fourth-order valence-electron chi connectivity index (χ4n) is 3.50. The summed E-state index contributed by atoms with van der Waals surface area (Å²) in [6.07, 6.45) is 8.63. The molecule has 2 aliphatic rings. The highest BCUT2D eigenvalue weighted by Crippen LogP contribution is 2.36. The Bertz CT molecular complexity index is 193. The van der Waals surface area contributed by atoms with Crippen molar-refractivity contribution in [3.8, 4) is 0 Å². The number of nitrogens with zero attached hydrogens (tertiary/aromatic N) is 1. The molecule has 3 unspecified atom stereocenters. The van der Waals surface area contributed by atoms with E-state index in [1.165, 1.54) is 51.6 Å². The van der Waals surface area contributed by atoms with Gasteiger partial charge in [-0.15, -0.1) is 0 Å². The monoisotopic (exact) mass is 211 g/mol. The SMILES string of the molecule is CCCN1CCCC2CC(OC)CCC21. The van der Waals surface area contributed by atoms with Crippen molar-refractivity contribution in [1.82, 2.24) is 4.90 Å². The molecule has 3 atom stereocenters. The average molecular weight is 211 g/mol. The highest BCUT2D eigenvalue weighted by molar-refractivity contribution is 4.90. The van der Waals surface area contributed by atoms with Crippen molar-refractivity contribution in [2.45, 2.75) is 57.6 Å². The number of hydrogen-bond donors (Lipinski definition) is 0. The summed E-state index contributed by atoms with van der Waals surface area (Å²) in [6, 6.07) is 0.880. The molecular weight excluding hydrogens is 186 g/mol. The zero-order valence-electron chi connectivity index (χ0n) is 10.2. The molecule has 2 fully saturated rings. The van der Waals surface area contributed by atoms with Gasteiger partial charge in [0.15, 0.2) is 0 Å². The molecule has 0 N–H and O–H groups in total. The van der Waals surface area contributed by atoms with Crippen LogP contribution in [0.2, 0.25) is 0 Å². The summed E-state index contributed by atoms with van der Waals surface area (Å²) in [5.41, 5.74) is 0. The second kappa shape index (κ2) is 5.31. The summed E-state index contributed by atoms with van der Waals surface area (Å²) in [4.78, 5) is 2.74. The molecular formula is C13H25NO. The topological polar surface area (TPSA) is 12.5 Å². The maximum absolute atomic E-state index is 5.52. The lowest BCUT2D eigenvalue weighted by atomic mass is 9.77. The zero-order chi connectivity index (χ0) is 10.7. The van der Waals surface area contributed by atoms with E-state index in [2.05, 4.69) is 11.8 Å². The van der Waals surface area contributed by atoms with Gasteiger partial charge in [-0.1, -0.05) is 6.92 Å². The first-order valence-electron chi connectivity index (χ1n) is 6.62. The number of likely N-dealkylation sites (tertiary alicyclic amines) is 1. The Kier molecular flexibility index (Phi) is 4.04. The molecule has 0 amide bonds. The molecule has 88 valence electrons. The van der Waals surface area contributed by atoms with Gasteiger partial charge in [-0.05, 0) is 57.5 Å². The minimum Gasteiger partial charge on any atom is -0.381 e. The van der Waals surface area contributed by atoms with Crippen LogP contribution in [0, 0.1) is 5.92 Å². The highest BCUT2D eigenvalue weighted by Gasteiger charge is 2.36. The van der Waals surface area contributed by atoms with Gasteiger partial charge >= 0.3 is 0 Å². The second-order valence-corrected chi connectivity index (χ2v) is 5.18. The standard InChI is InChI=1S/C13H25NO/c1-3-8-14-9-4-5-11-10-12(15-2)6-7-13(11)14/h11-13H,3-10H2,1-2H3. The van der Waals surface area contributed by atoms with Gasteiger partial charge in [-0.25, -0.2) is 0 Å². The molecule has 0 aromatic rings. The molecule has 0 radical (unpaired) electrons. The zero-order valence-corrected chi connectivity index (χ0v) is 10.2. The molecule has 2 nitrogen and oxygen atoms in total. The molecule has 0 bridgehead atoms. The highest BCUT2D eigenvalue weighted by atomic mass is 16.5. The second-order valence-electron chi connectivity index (χ2n) is 5.18. The summed E-state index contributed by atoms with van der Waals surface area (Å²) >= 11 is 0. The molecule has 2 rings (SSSR count). The third-order valence-corrected chi connectivity index (χ3v) is 4.23. The van der Waals surface area contributed by atoms with Gasteiger partial charge in [0, 0.05) is 13.2 Å². The molecule has 1 aliphatic carbocycles. The van der Waals surface area contributed by atoms with E-state index in [-0.39, 0.29) is 0 Å². The van der Waals surface area contributed by atoms with Gasteiger partial charge in [-0.3, -0.25) is 0 Å². The van der Waals surface area contributed by atoms with Crippen molar-refractivity contribution in [3.05, 3.63) is 0 Å². The predicted octanol–water partition coefficient (Wildman–Crippen LogP) is 2.68. The van der Waals surface area contributed by atoms with Crippen molar-refractivity contribution in [2.75, 3.05) is 20.2 Å². The van der Waals surface area contributed by atoms with Crippen molar-refractivity contribution in [1.29, 1.82) is 0 Å².